The number of ether oxygens (including phenoxy) is 1. The van der Waals surface area contributed by atoms with Gasteiger partial charge < -0.3 is 9.84 Å². The lowest BCUT2D eigenvalue weighted by Gasteiger charge is -2.21. The van der Waals surface area contributed by atoms with E-state index in [1.807, 2.05) is 26.8 Å². The fraction of sp³-hybridized carbons (Fsp3) is 0.462. The number of carbonyl (C=O) groups excluding carboxylic acids is 1. The number of aliphatic hydroxyl groups excluding tert-OH is 1. The van der Waals surface area contributed by atoms with Gasteiger partial charge in [0.1, 0.15) is 5.75 Å². The van der Waals surface area contributed by atoms with Crippen molar-refractivity contribution in [3.05, 3.63) is 30.3 Å². The second-order valence-corrected chi connectivity index (χ2v) is 5.01. The molecule has 0 aliphatic heterocycles. The van der Waals surface area contributed by atoms with E-state index in [0.717, 1.165) is 0 Å². The minimum atomic E-state index is -1.07. The predicted molar refractivity (Wildman–Crippen MR) is 62.2 cm³/mol. The smallest absolute Gasteiger partial charge is 0.340 e. The first-order chi connectivity index (χ1) is 7.38. The van der Waals surface area contributed by atoms with E-state index in [9.17, 15) is 9.90 Å². The molecule has 1 rings (SSSR count). The van der Waals surface area contributed by atoms with Gasteiger partial charge in [0, 0.05) is 0 Å². The Hall–Kier alpha value is -1.35. The molecule has 1 unspecified atom stereocenters. The zero-order valence-corrected chi connectivity index (χ0v) is 9.93. The Labute approximate surface area is 96.1 Å². The fourth-order valence-corrected chi connectivity index (χ4v) is 1.34. The van der Waals surface area contributed by atoms with Gasteiger partial charge in [0.2, 0.25) is 0 Å². The topological polar surface area (TPSA) is 46.5 Å². The second kappa shape index (κ2) is 5.12. The number of para-hydroxylation sites is 1. The predicted octanol–water partition coefficient (Wildman–Crippen LogP) is 2.39. The van der Waals surface area contributed by atoms with Gasteiger partial charge in [-0.25, -0.2) is 4.79 Å². The Morgan fingerprint density at radius 3 is 2.38 bits per heavy atom. The summed E-state index contributed by atoms with van der Waals surface area (Å²) in [6.45, 7) is 5.89. The molecule has 0 saturated heterocycles. The summed E-state index contributed by atoms with van der Waals surface area (Å²) in [4.78, 5) is 11.5. The third-order valence-corrected chi connectivity index (χ3v) is 2.04. The van der Waals surface area contributed by atoms with Crippen molar-refractivity contribution in [2.24, 2.45) is 5.41 Å². The first kappa shape index (κ1) is 12.7. The molecule has 0 spiro atoms. The number of aliphatic hydroxyl groups is 1. The van der Waals surface area contributed by atoms with Gasteiger partial charge >= 0.3 is 5.97 Å². The third-order valence-electron chi connectivity index (χ3n) is 2.04. The van der Waals surface area contributed by atoms with Gasteiger partial charge in [0.25, 0.3) is 0 Å². The molecule has 0 fully saturated rings. The highest BCUT2D eigenvalue weighted by molar-refractivity contribution is 5.76. The van der Waals surface area contributed by atoms with E-state index < -0.39 is 12.1 Å². The number of hydrogen-bond donors (Lipinski definition) is 1. The minimum absolute atomic E-state index is 0.102. The van der Waals surface area contributed by atoms with E-state index in [-0.39, 0.29) is 5.41 Å². The normalized spacial score (nSPS) is 13.2. The third kappa shape index (κ3) is 4.45. The molecule has 1 aromatic carbocycles. The number of rotatable bonds is 3. The Balaban J connectivity index is 2.53. The van der Waals surface area contributed by atoms with Crippen LogP contribution in [0.15, 0.2) is 30.3 Å². The van der Waals surface area contributed by atoms with Crippen molar-refractivity contribution in [3.8, 4) is 5.75 Å². The number of carbonyl (C=O) groups is 1. The summed E-state index contributed by atoms with van der Waals surface area (Å²) in [5, 5.41) is 9.64. The Kier molecular flexibility index (Phi) is 4.07. The van der Waals surface area contributed by atoms with E-state index in [4.69, 9.17) is 4.74 Å². The summed E-state index contributed by atoms with van der Waals surface area (Å²) in [6, 6.07) is 8.75. The molecule has 0 radical (unpaired) electrons. The van der Waals surface area contributed by atoms with Gasteiger partial charge in [-0.3, -0.25) is 0 Å². The average Bonchev–Trinajstić information content (AvgIpc) is 2.16. The SMILES string of the molecule is CC(C)(C)CC(O)C(=O)Oc1ccccc1. The van der Waals surface area contributed by atoms with Crippen molar-refractivity contribution >= 4 is 5.97 Å². The molecule has 88 valence electrons. The lowest BCUT2D eigenvalue weighted by molar-refractivity contribution is -0.145. The Morgan fingerprint density at radius 2 is 1.88 bits per heavy atom. The first-order valence-corrected chi connectivity index (χ1v) is 5.33. The molecule has 3 heteroatoms. The monoisotopic (exact) mass is 222 g/mol. The van der Waals surface area contributed by atoms with Crippen LogP contribution in [0, 0.1) is 5.41 Å². The van der Waals surface area contributed by atoms with Gasteiger partial charge in [-0.05, 0) is 24.0 Å². The first-order valence-electron chi connectivity index (χ1n) is 5.33. The molecule has 1 N–H and O–H groups in total. The van der Waals surface area contributed by atoms with Gasteiger partial charge in [-0.1, -0.05) is 39.0 Å². The van der Waals surface area contributed by atoms with Crippen LogP contribution in [-0.2, 0) is 4.79 Å². The summed E-state index contributed by atoms with van der Waals surface area (Å²) >= 11 is 0. The molecule has 0 amide bonds. The molecule has 0 heterocycles. The van der Waals surface area contributed by atoms with E-state index in [1.54, 1.807) is 24.3 Å². The highest BCUT2D eigenvalue weighted by atomic mass is 16.5. The summed E-state index contributed by atoms with van der Waals surface area (Å²) in [7, 11) is 0. The molecular weight excluding hydrogens is 204 g/mol. The fourth-order valence-electron chi connectivity index (χ4n) is 1.34. The number of hydrogen-bond acceptors (Lipinski definition) is 3. The molecule has 0 aliphatic carbocycles. The van der Waals surface area contributed by atoms with Crippen LogP contribution in [0.5, 0.6) is 5.75 Å². The Bertz CT molecular complexity index is 338. The van der Waals surface area contributed by atoms with Gasteiger partial charge in [0.15, 0.2) is 6.10 Å². The summed E-state index contributed by atoms with van der Waals surface area (Å²) in [5.41, 5.74) is -0.102. The molecular formula is C13H18O3. The van der Waals surface area contributed by atoms with Crippen LogP contribution in [0.4, 0.5) is 0 Å². The zero-order chi connectivity index (χ0) is 12.2. The lowest BCUT2D eigenvalue weighted by Crippen LogP contribution is -2.29. The molecule has 0 bridgehead atoms. The maximum atomic E-state index is 11.5. The summed E-state index contributed by atoms with van der Waals surface area (Å²) in [5.74, 6) is -0.137. The summed E-state index contributed by atoms with van der Waals surface area (Å²) in [6.07, 6.45) is -0.682. The van der Waals surface area contributed by atoms with Crippen LogP contribution in [0.1, 0.15) is 27.2 Å². The van der Waals surface area contributed by atoms with Crippen LogP contribution < -0.4 is 4.74 Å². The Morgan fingerprint density at radius 1 is 1.31 bits per heavy atom. The maximum Gasteiger partial charge on any atom is 0.340 e. The van der Waals surface area contributed by atoms with Gasteiger partial charge in [0.05, 0.1) is 0 Å². The van der Waals surface area contributed by atoms with Crippen molar-refractivity contribution in [1.82, 2.24) is 0 Å². The van der Waals surface area contributed by atoms with Crippen molar-refractivity contribution < 1.29 is 14.6 Å². The number of esters is 1. The van der Waals surface area contributed by atoms with E-state index in [2.05, 4.69) is 0 Å². The van der Waals surface area contributed by atoms with Crippen molar-refractivity contribution in [2.45, 2.75) is 33.3 Å². The largest absolute Gasteiger partial charge is 0.425 e. The zero-order valence-electron chi connectivity index (χ0n) is 9.93. The second-order valence-electron chi connectivity index (χ2n) is 5.01. The molecule has 0 saturated carbocycles. The number of benzene rings is 1. The summed E-state index contributed by atoms with van der Waals surface area (Å²) < 4.78 is 5.03. The molecule has 1 atom stereocenters. The minimum Gasteiger partial charge on any atom is -0.425 e. The highest BCUT2D eigenvalue weighted by Gasteiger charge is 2.24. The van der Waals surface area contributed by atoms with Crippen LogP contribution in [0.2, 0.25) is 0 Å². The van der Waals surface area contributed by atoms with E-state index in [1.165, 1.54) is 0 Å². The van der Waals surface area contributed by atoms with Gasteiger partial charge in [-0.15, -0.1) is 0 Å². The van der Waals surface area contributed by atoms with Crippen molar-refractivity contribution in [3.63, 3.8) is 0 Å². The standard InChI is InChI=1S/C13H18O3/c1-13(2,3)9-11(14)12(15)16-10-7-5-4-6-8-10/h4-8,11,14H,9H2,1-3H3. The molecule has 0 aliphatic rings. The van der Waals surface area contributed by atoms with E-state index in [0.29, 0.717) is 12.2 Å². The van der Waals surface area contributed by atoms with Crippen molar-refractivity contribution in [1.29, 1.82) is 0 Å². The van der Waals surface area contributed by atoms with Crippen LogP contribution in [0.25, 0.3) is 0 Å². The van der Waals surface area contributed by atoms with Crippen LogP contribution in [-0.4, -0.2) is 17.2 Å². The lowest BCUT2D eigenvalue weighted by atomic mass is 9.89. The van der Waals surface area contributed by atoms with Crippen LogP contribution in [0.3, 0.4) is 0 Å². The molecule has 3 nitrogen and oxygen atoms in total. The van der Waals surface area contributed by atoms with E-state index >= 15 is 0 Å². The average molecular weight is 222 g/mol. The quantitative estimate of drug-likeness (QED) is 0.631. The van der Waals surface area contributed by atoms with Crippen LogP contribution >= 0.6 is 0 Å². The van der Waals surface area contributed by atoms with Gasteiger partial charge in [-0.2, -0.15) is 0 Å². The van der Waals surface area contributed by atoms with Crippen molar-refractivity contribution in [2.75, 3.05) is 0 Å². The molecule has 16 heavy (non-hydrogen) atoms. The maximum absolute atomic E-state index is 11.5. The highest BCUT2D eigenvalue weighted by Crippen LogP contribution is 2.21. The molecule has 0 aromatic heterocycles. The molecule has 1 aromatic rings.